The largest absolute Gasteiger partial charge is 0.399 e. The zero-order valence-corrected chi connectivity index (χ0v) is 12.9. The Labute approximate surface area is 129 Å². The van der Waals surface area contributed by atoms with Crippen LogP contribution in [0.25, 0.3) is 0 Å². The van der Waals surface area contributed by atoms with E-state index in [4.69, 9.17) is 5.73 Å². The van der Waals surface area contributed by atoms with Gasteiger partial charge in [0.05, 0.1) is 5.69 Å². The Bertz CT molecular complexity index is 583. The van der Waals surface area contributed by atoms with Crippen LogP contribution < -0.4 is 10.6 Å². The number of carbonyl (C=O) groups excluding carboxylic acids is 3. The maximum absolute atomic E-state index is 12.5. The van der Waals surface area contributed by atoms with Crippen LogP contribution in [0.15, 0.2) is 24.3 Å². The number of carbonyl (C=O) groups is 3. The van der Waals surface area contributed by atoms with Gasteiger partial charge in [-0.15, -0.1) is 0 Å². The van der Waals surface area contributed by atoms with Crippen molar-refractivity contribution in [2.75, 3.05) is 23.7 Å². The molecule has 1 aromatic carbocycles. The number of nitrogen functional groups attached to an aromatic ring is 1. The molecular weight excluding hydrogens is 282 g/mol. The lowest BCUT2D eigenvalue weighted by atomic mass is 10.0. The first kappa shape index (κ1) is 16.0. The van der Waals surface area contributed by atoms with Crippen molar-refractivity contribution in [1.82, 2.24) is 4.90 Å². The Hall–Kier alpha value is -2.37. The average Bonchev–Trinajstić information content (AvgIpc) is 2.48. The van der Waals surface area contributed by atoms with E-state index in [1.807, 2.05) is 6.92 Å². The Morgan fingerprint density at radius 3 is 2.41 bits per heavy atom. The summed E-state index contributed by atoms with van der Waals surface area (Å²) in [5, 5.41) is 0. The standard InChI is InChI=1S/C16H21N3O3/c1-11-4-3-9-18(10-11)15(21)16(22)19(12(2)20)14-7-5-13(17)6-8-14/h5-8,11H,3-4,9-10,17H2,1-2H3. The van der Waals surface area contributed by atoms with E-state index < -0.39 is 17.7 Å². The van der Waals surface area contributed by atoms with Crippen LogP contribution in [0.3, 0.4) is 0 Å². The number of nitrogens with zero attached hydrogens (tertiary/aromatic N) is 2. The van der Waals surface area contributed by atoms with Crippen LogP contribution >= 0.6 is 0 Å². The van der Waals surface area contributed by atoms with Gasteiger partial charge in [0.15, 0.2) is 0 Å². The van der Waals surface area contributed by atoms with E-state index in [2.05, 4.69) is 0 Å². The van der Waals surface area contributed by atoms with Gasteiger partial charge in [0.1, 0.15) is 0 Å². The van der Waals surface area contributed by atoms with Crippen molar-refractivity contribution >= 4 is 29.1 Å². The van der Waals surface area contributed by atoms with Gasteiger partial charge in [0, 0.05) is 25.7 Å². The van der Waals surface area contributed by atoms with E-state index in [-0.39, 0.29) is 0 Å². The fraction of sp³-hybridized carbons (Fsp3) is 0.438. The number of rotatable bonds is 1. The Morgan fingerprint density at radius 1 is 1.23 bits per heavy atom. The quantitative estimate of drug-likeness (QED) is 0.628. The van der Waals surface area contributed by atoms with Crippen molar-refractivity contribution in [3.63, 3.8) is 0 Å². The number of amides is 3. The van der Waals surface area contributed by atoms with Gasteiger partial charge >= 0.3 is 11.8 Å². The van der Waals surface area contributed by atoms with Gasteiger partial charge in [-0.25, -0.2) is 4.90 Å². The Kier molecular flexibility index (Phi) is 4.80. The first-order valence-electron chi connectivity index (χ1n) is 7.39. The highest BCUT2D eigenvalue weighted by Gasteiger charge is 2.32. The first-order valence-corrected chi connectivity index (χ1v) is 7.39. The van der Waals surface area contributed by atoms with Crippen LogP contribution in [-0.4, -0.2) is 35.7 Å². The second kappa shape index (κ2) is 6.60. The highest BCUT2D eigenvalue weighted by atomic mass is 16.2. The third kappa shape index (κ3) is 3.44. The van der Waals surface area contributed by atoms with Crippen LogP contribution in [0.5, 0.6) is 0 Å². The summed E-state index contributed by atoms with van der Waals surface area (Å²) in [6, 6.07) is 6.29. The number of hydrogen-bond donors (Lipinski definition) is 1. The van der Waals surface area contributed by atoms with Crippen molar-refractivity contribution in [3.05, 3.63) is 24.3 Å². The number of benzene rings is 1. The number of anilines is 2. The molecule has 0 spiro atoms. The summed E-state index contributed by atoms with van der Waals surface area (Å²) in [5.41, 5.74) is 6.48. The lowest BCUT2D eigenvalue weighted by molar-refractivity contribution is -0.146. The van der Waals surface area contributed by atoms with Gasteiger partial charge < -0.3 is 10.6 Å². The summed E-state index contributed by atoms with van der Waals surface area (Å²) in [5.74, 6) is -1.56. The van der Waals surface area contributed by atoms with E-state index in [1.165, 1.54) is 11.8 Å². The van der Waals surface area contributed by atoms with E-state index >= 15 is 0 Å². The molecule has 1 saturated heterocycles. The molecule has 1 aromatic rings. The monoisotopic (exact) mass is 303 g/mol. The molecule has 1 unspecified atom stereocenters. The van der Waals surface area contributed by atoms with Gasteiger partial charge in [-0.3, -0.25) is 14.4 Å². The van der Waals surface area contributed by atoms with Crippen molar-refractivity contribution in [2.24, 2.45) is 5.92 Å². The van der Waals surface area contributed by atoms with Gasteiger partial charge in [-0.05, 0) is 43.0 Å². The fourth-order valence-corrected chi connectivity index (χ4v) is 2.67. The Morgan fingerprint density at radius 2 is 1.86 bits per heavy atom. The number of nitrogens with two attached hydrogens (primary N) is 1. The molecule has 6 heteroatoms. The lowest BCUT2D eigenvalue weighted by Crippen LogP contribution is -2.50. The summed E-state index contributed by atoms with van der Waals surface area (Å²) < 4.78 is 0. The van der Waals surface area contributed by atoms with Gasteiger partial charge in [-0.2, -0.15) is 0 Å². The summed E-state index contributed by atoms with van der Waals surface area (Å²) in [6.07, 6.45) is 1.93. The molecule has 1 heterocycles. The van der Waals surface area contributed by atoms with Crippen molar-refractivity contribution in [2.45, 2.75) is 26.7 Å². The summed E-state index contributed by atoms with van der Waals surface area (Å²) >= 11 is 0. The molecule has 0 radical (unpaired) electrons. The van der Waals surface area contributed by atoms with Gasteiger partial charge in [-0.1, -0.05) is 6.92 Å². The van der Waals surface area contributed by atoms with E-state index in [0.29, 0.717) is 30.4 Å². The topological polar surface area (TPSA) is 83.7 Å². The molecule has 2 rings (SSSR count). The van der Waals surface area contributed by atoms with Gasteiger partial charge in [0.25, 0.3) is 0 Å². The van der Waals surface area contributed by atoms with Crippen molar-refractivity contribution in [3.8, 4) is 0 Å². The van der Waals surface area contributed by atoms with Crippen LogP contribution in [0.1, 0.15) is 26.7 Å². The molecule has 3 amide bonds. The minimum absolute atomic E-state index is 0.352. The fourth-order valence-electron chi connectivity index (χ4n) is 2.67. The third-order valence-corrected chi connectivity index (χ3v) is 3.80. The molecule has 1 aliphatic heterocycles. The Balaban J connectivity index is 2.21. The highest BCUT2D eigenvalue weighted by Crippen LogP contribution is 2.20. The van der Waals surface area contributed by atoms with E-state index in [1.54, 1.807) is 24.3 Å². The van der Waals surface area contributed by atoms with Crippen LogP contribution in [0.4, 0.5) is 11.4 Å². The van der Waals surface area contributed by atoms with E-state index in [0.717, 1.165) is 17.7 Å². The lowest BCUT2D eigenvalue weighted by Gasteiger charge is -2.31. The molecule has 2 N–H and O–H groups in total. The van der Waals surface area contributed by atoms with E-state index in [9.17, 15) is 14.4 Å². The zero-order valence-electron chi connectivity index (χ0n) is 12.9. The smallest absolute Gasteiger partial charge is 0.323 e. The number of imide groups is 1. The molecular formula is C16H21N3O3. The molecule has 0 aliphatic carbocycles. The van der Waals surface area contributed by atoms with Crippen molar-refractivity contribution in [1.29, 1.82) is 0 Å². The predicted molar refractivity (Wildman–Crippen MR) is 84.0 cm³/mol. The minimum atomic E-state index is -0.814. The maximum atomic E-state index is 12.5. The molecule has 0 bridgehead atoms. The summed E-state index contributed by atoms with van der Waals surface area (Å²) in [7, 11) is 0. The van der Waals surface area contributed by atoms with Crippen molar-refractivity contribution < 1.29 is 14.4 Å². The molecule has 0 saturated carbocycles. The number of likely N-dealkylation sites (tertiary alicyclic amines) is 1. The molecule has 118 valence electrons. The molecule has 6 nitrogen and oxygen atoms in total. The second-order valence-corrected chi connectivity index (χ2v) is 5.75. The molecule has 22 heavy (non-hydrogen) atoms. The van der Waals surface area contributed by atoms with Gasteiger partial charge in [0.2, 0.25) is 5.91 Å². The summed E-state index contributed by atoms with van der Waals surface area (Å²) in [6.45, 7) is 4.42. The summed E-state index contributed by atoms with van der Waals surface area (Å²) in [4.78, 5) is 39.1. The SMILES string of the molecule is CC(=O)N(C(=O)C(=O)N1CCCC(C)C1)c1ccc(N)cc1. The molecule has 1 fully saturated rings. The predicted octanol–water partition coefficient (Wildman–Crippen LogP) is 1.41. The number of hydrogen-bond acceptors (Lipinski definition) is 4. The first-order chi connectivity index (χ1) is 10.4. The normalized spacial score (nSPS) is 17.9. The van der Waals surface area contributed by atoms with Crippen LogP contribution in [0, 0.1) is 5.92 Å². The average molecular weight is 303 g/mol. The van der Waals surface area contributed by atoms with Crippen LogP contribution in [0.2, 0.25) is 0 Å². The van der Waals surface area contributed by atoms with Crippen LogP contribution in [-0.2, 0) is 14.4 Å². The maximum Gasteiger partial charge on any atom is 0.323 e. The third-order valence-electron chi connectivity index (χ3n) is 3.80. The minimum Gasteiger partial charge on any atom is -0.399 e. The molecule has 0 aromatic heterocycles. The zero-order chi connectivity index (χ0) is 16.3. The highest BCUT2D eigenvalue weighted by molar-refractivity contribution is 6.45. The number of piperidine rings is 1. The molecule has 1 aliphatic rings. The molecule has 1 atom stereocenters. The second-order valence-electron chi connectivity index (χ2n) is 5.75.